The Kier molecular flexibility index (Phi) is 33.4. The smallest absolute Gasteiger partial charge is 0.220 e. The number of carbonyl (C=O) groups excluding carboxylic acids is 1. The summed E-state index contributed by atoms with van der Waals surface area (Å²) in [4.78, 5) is 13.1. The molecule has 2 saturated heterocycles. The summed E-state index contributed by atoms with van der Waals surface area (Å²) in [5, 5.41) is 86.4. The highest BCUT2D eigenvalue weighted by molar-refractivity contribution is 5.76. The second-order valence-corrected chi connectivity index (χ2v) is 17.9. The van der Waals surface area contributed by atoms with E-state index in [0.717, 1.165) is 44.9 Å². The lowest BCUT2D eigenvalue weighted by molar-refractivity contribution is -0.359. The van der Waals surface area contributed by atoms with E-state index in [1.807, 2.05) is 6.08 Å². The number of amides is 1. The van der Waals surface area contributed by atoms with Crippen molar-refractivity contribution >= 4 is 5.91 Å². The quantitative estimate of drug-likeness (QED) is 0.0250. The molecule has 0 radical (unpaired) electrons. The first-order valence-corrected chi connectivity index (χ1v) is 25.1. The van der Waals surface area contributed by atoms with Crippen molar-refractivity contribution in [2.24, 2.45) is 0 Å². The number of hydrogen-bond acceptors (Lipinski definition) is 13. The molecule has 0 bridgehead atoms. The average Bonchev–Trinajstić information content (AvgIpc) is 3.28. The Hall–Kier alpha value is -1.53. The van der Waals surface area contributed by atoms with E-state index in [2.05, 4.69) is 31.3 Å². The van der Waals surface area contributed by atoms with Crippen molar-refractivity contribution in [3.63, 3.8) is 0 Å². The van der Waals surface area contributed by atoms with E-state index in [4.69, 9.17) is 18.9 Å². The molecule has 2 aliphatic rings. The van der Waals surface area contributed by atoms with E-state index >= 15 is 0 Å². The van der Waals surface area contributed by atoms with Gasteiger partial charge in [-0.1, -0.05) is 179 Å². The number of hydrogen-bond donors (Lipinski definition) is 9. The van der Waals surface area contributed by atoms with Gasteiger partial charge in [-0.25, -0.2) is 0 Å². The summed E-state index contributed by atoms with van der Waals surface area (Å²) in [5.74, 6) is -0.251. The summed E-state index contributed by atoms with van der Waals surface area (Å²) >= 11 is 0. The van der Waals surface area contributed by atoms with Crippen molar-refractivity contribution in [1.82, 2.24) is 5.32 Å². The Morgan fingerprint density at radius 1 is 0.556 bits per heavy atom. The minimum Gasteiger partial charge on any atom is -0.394 e. The van der Waals surface area contributed by atoms with Crippen LogP contribution in [-0.2, 0) is 23.7 Å². The van der Waals surface area contributed by atoms with Crippen molar-refractivity contribution in [2.45, 2.75) is 261 Å². The van der Waals surface area contributed by atoms with Crippen molar-refractivity contribution in [1.29, 1.82) is 0 Å². The highest BCUT2D eigenvalue weighted by Gasteiger charge is 2.51. The van der Waals surface area contributed by atoms with Crippen molar-refractivity contribution in [3.05, 3.63) is 24.3 Å². The molecule has 1 amide bonds. The maximum absolute atomic E-state index is 13.1. The SMILES string of the molecule is CCCC/C=C/CC/C=C/C(O)C(COC1OC(CO)C(OC2OC(CO)C(O)C(O)C2O)C(O)C1O)NC(=O)CCCCCCCCCCCCCCCCCCCCCCC. The number of ether oxygens (including phenoxy) is 4. The van der Waals surface area contributed by atoms with Gasteiger partial charge in [-0.3, -0.25) is 4.79 Å². The summed E-state index contributed by atoms with van der Waals surface area (Å²) in [5.41, 5.74) is 0. The fraction of sp³-hybridized carbons (Fsp3) is 0.898. The summed E-state index contributed by atoms with van der Waals surface area (Å²) in [6.07, 6.45) is 22.6. The number of aliphatic hydroxyl groups is 8. The van der Waals surface area contributed by atoms with Crippen LogP contribution in [0.4, 0.5) is 0 Å². The van der Waals surface area contributed by atoms with Crippen LogP contribution in [-0.4, -0.2) is 140 Å². The Morgan fingerprint density at radius 2 is 1.02 bits per heavy atom. The van der Waals surface area contributed by atoms with Crippen LogP contribution in [0.5, 0.6) is 0 Å². The molecular weight excluding hydrogens is 811 g/mol. The zero-order valence-electron chi connectivity index (χ0n) is 39.1. The Morgan fingerprint density at radius 3 is 1.54 bits per heavy atom. The van der Waals surface area contributed by atoms with E-state index in [1.54, 1.807) is 6.08 Å². The number of unbranched alkanes of at least 4 members (excludes halogenated alkanes) is 23. The third kappa shape index (κ3) is 24.2. The molecule has 2 fully saturated rings. The first kappa shape index (κ1) is 57.6. The molecule has 63 heavy (non-hydrogen) atoms. The maximum Gasteiger partial charge on any atom is 0.220 e. The molecule has 0 aromatic rings. The standard InChI is InChI=1S/C49H91NO13/c1-3-5-7-9-11-13-14-15-16-17-18-19-20-21-22-23-24-25-27-29-31-33-41(54)50-37(38(53)32-30-28-26-12-10-8-6-4-2)36-60-48-46(59)44(57)47(40(35-52)62-48)63-49-45(58)43(56)42(55)39(34-51)61-49/h10,12,30,32,37-40,42-49,51-53,55-59H,3-9,11,13-29,31,33-36H2,1-2H3,(H,50,54)/b12-10+,32-30+. The molecule has 0 aromatic carbocycles. The van der Waals surface area contributed by atoms with E-state index in [1.165, 1.54) is 109 Å². The predicted octanol–water partition coefficient (Wildman–Crippen LogP) is 6.16. The van der Waals surface area contributed by atoms with Gasteiger partial charge in [-0.05, 0) is 25.7 Å². The lowest BCUT2D eigenvalue weighted by Gasteiger charge is -2.46. The van der Waals surface area contributed by atoms with Crippen LogP contribution in [0.2, 0.25) is 0 Å². The van der Waals surface area contributed by atoms with Gasteiger partial charge in [0, 0.05) is 6.42 Å². The molecule has 0 aliphatic carbocycles. The van der Waals surface area contributed by atoms with E-state index in [9.17, 15) is 45.6 Å². The first-order valence-electron chi connectivity index (χ1n) is 25.1. The second-order valence-electron chi connectivity index (χ2n) is 17.9. The monoisotopic (exact) mass is 902 g/mol. The molecule has 12 unspecified atom stereocenters. The van der Waals surface area contributed by atoms with Crippen LogP contribution in [0.15, 0.2) is 24.3 Å². The molecule has 9 N–H and O–H groups in total. The van der Waals surface area contributed by atoms with Gasteiger partial charge in [0.15, 0.2) is 12.6 Å². The van der Waals surface area contributed by atoms with Gasteiger partial charge in [0.25, 0.3) is 0 Å². The first-order chi connectivity index (χ1) is 30.6. The molecule has 12 atom stereocenters. The minimum atomic E-state index is -1.79. The number of nitrogens with one attached hydrogen (secondary N) is 1. The fourth-order valence-electron chi connectivity index (χ4n) is 8.23. The Bertz CT molecular complexity index is 1160. The lowest BCUT2D eigenvalue weighted by Crippen LogP contribution is -2.65. The molecule has 2 aliphatic heterocycles. The van der Waals surface area contributed by atoms with Crippen molar-refractivity contribution < 1.29 is 64.6 Å². The normalized spacial score (nSPS) is 27.7. The average molecular weight is 902 g/mol. The predicted molar refractivity (Wildman–Crippen MR) is 245 cm³/mol. The molecule has 0 spiro atoms. The van der Waals surface area contributed by atoms with E-state index < -0.39 is 86.8 Å². The Labute approximate surface area is 379 Å². The molecule has 0 saturated carbocycles. The van der Waals surface area contributed by atoms with Gasteiger partial charge < -0.3 is 65.1 Å². The molecule has 2 heterocycles. The summed E-state index contributed by atoms with van der Waals surface area (Å²) in [6, 6.07) is -0.924. The van der Waals surface area contributed by atoms with Crippen LogP contribution in [0.1, 0.15) is 187 Å². The summed E-state index contributed by atoms with van der Waals surface area (Å²) in [6.45, 7) is 2.69. The topological polar surface area (TPSA) is 228 Å². The van der Waals surface area contributed by atoms with Crippen LogP contribution in [0.25, 0.3) is 0 Å². The number of carbonyl (C=O) groups is 1. The van der Waals surface area contributed by atoms with Crippen molar-refractivity contribution in [2.75, 3.05) is 19.8 Å². The molecule has 370 valence electrons. The largest absolute Gasteiger partial charge is 0.394 e. The third-order valence-corrected chi connectivity index (χ3v) is 12.4. The van der Waals surface area contributed by atoms with Crippen LogP contribution in [0, 0.1) is 0 Å². The summed E-state index contributed by atoms with van der Waals surface area (Å²) < 4.78 is 22.6. The molecule has 2 rings (SSSR count). The van der Waals surface area contributed by atoms with Crippen LogP contribution < -0.4 is 5.32 Å². The lowest BCUT2D eigenvalue weighted by atomic mass is 9.97. The zero-order chi connectivity index (χ0) is 46.1. The van der Waals surface area contributed by atoms with Gasteiger partial charge >= 0.3 is 0 Å². The highest BCUT2D eigenvalue weighted by Crippen LogP contribution is 2.30. The second kappa shape index (κ2) is 36.6. The molecule has 14 nitrogen and oxygen atoms in total. The summed E-state index contributed by atoms with van der Waals surface area (Å²) in [7, 11) is 0. The molecule has 0 aromatic heterocycles. The van der Waals surface area contributed by atoms with E-state index in [-0.39, 0.29) is 18.9 Å². The van der Waals surface area contributed by atoms with Gasteiger partial charge in [0.1, 0.15) is 48.8 Å². The van der Waals surface area contributed by atoms with Crippen LogP contribution in [0.3, 0.4) is 0 Å². The number of allylic oxidation sites excluding steroid dienone is 3. The number of rotatable bonds is 38. The Balaban J connectivity index is 1.76. The number of aliphatic hydroxyl groups excluding tert-OH is 8. The van der Waals surface area contributed by atoms with Gasteiger partial charge in [0.2, 0.25) is 5.91 Å². The fourth-order valence-corrected chi connectivity index (χ4v) is 8.23. The maximum atomic E-state index is 13.1. The van der Waals surface area contributed by atoms with Gasteiger partial charge in [0.05, 0.1) is 32.0 Å². The van der Waals surface area contributed by atoms with Gasteiger partial charge in [-0.15, -0.1) is 0 Å². The van der Waals surface area contributed by atoms with E-state index in [0.29, 0.717) is 12.8 Å². The molecule has 14 heteroatoms. The third-order valence-electron chi connectivity index (χ3n) is 12.4. The van der Waals surface area contributed by atoms with Crippen LogP contribution >= 0.6 is 0 Å². The zero-order valence-corrected chi connectivity index (χ0v) is 39.1. The van der Waals surface area contributed by atoms with Crippen molar-refractivity contribution in [3.8, 4) is 0 Å². The molecular formula is C49H91NO13. The van der Waals surface area contributed by atoms with Gasteiger partial charge in [-0.2, -0.15) is 0 Å². The minimum absolute atomic E-state index is 0.251. The highest BCUT2D eigenvalue weighted by atomic mass is 16.7.